The van der Waals surface area contributed by atoms with Crippen LogP contribution in [-0.2, 0) is 0 Å². The molecule has 0 saturated carbocycles. The molecule has 3 heteroatoms. The molecule has 1 atom stereocenters. The van der Waals surface area contributed by atoms with Gasteiger partial charge in [0.15, 0.2) is 0 Å². The average molecular weight is 209 g/mol. The van der Waals surface area contributed by atoms with Crippen molar-refractivity contribution in [3.63, 3.8) is 0 Å². The summed E-state index contributed by atoms with van der Waals surface area (Å²) in [6.45, 7) is 6.04. The van der Waals surface area contributed by atoms with Crippen LogP contribution >= 0.6 is 11.6 Å². The van der Waals surface area contributed by atoms with E-state index in [0.717, 1.165) is 17.0 Å². The van der Waals surface area contributed by atoms with E-state index in [2.05, 4.69) is 28.6 Å². The molecule has 0 fully saturated rings. The number of hydrogen-bond donors (Lipinski definition) is 0. The maximum Gasteiger partial charge on any atom is 0.137 e. The molecule has 74 valence electrons. The number of fused-ring (bicyclic) bond motifs is 1. The van der Waals surface area contributed by atoms with Gasteiger partial charge >= 0.3 is 0 Å². The second-order valence-corrected chi connectivity index (χ2v) is 4.29. The predicted molar refractivity (Wildman–Crippen MR) is 58.9 cm³/mol. The highest BCUT2D eigenvalue weighted by molar-refractivity contribution is 6.20. The molecule has 2 rings (SSSR count). The van der Waals surface area contributed by atoms with Crippen LogP contribution in [0.1, 0.15) is 29.3 Å². The number of halogens is 1. The van der Waals surface area contributed by atoms with Crippen LogP contribution in [0.5, 0.6) is 0 Å². The van der Waals surface area contributed by atoms with E-state index in [1.165, 1.54) is 5.56 Å². The molecule has 0 aliphatic rings. The zero-order valence-electron chi connectivity index (χ0n) is 8.58. The topological polar surface area (TPSA) is 17.3 Å². The van der Waals surface area contributed by atoms with Gasteiger partial charge in [-0.3, -0.25) is 0 Å². The van der Waals surface area contributed by atoms with Gasteiger partial charge in [-0.1, -0.05) is 6.07 Å². The van der Waals surface area contributed by atoms with Crippen molar-refractivity contribution < 1.29 is 0 Å². The van der Waals surface area contributed by atoms with Gasteiger partial charge in [0.1, 0.15) is 5.65 Å². The molecule has 2 heterocycles. The Balaban J connectivity index is 2.79. The quantitative estimate of drug-likeness (QED) is 0.658. The Morgan fingerprint density at radius 1 is 1.36 bits per heavy atom. The highest BCUT2D eigenvalue weighted by Gasteiger charge is 2.12. The lowest BCUT2D eigenvalue weighted by Crippen LogP contribution is -1.95. The standard InChI is InChI=1S/C11H13ClN2/c1-7-4-5-10-13-9(3)11(8(2)12)14(10)6-7/h4-6,8H,1-3H3. The minimum absolute atomic E-state index is 0.00759. The molecule has 0 saturated heterocycles. The van der Waals surface area contributed by atoms with Gasteiger partial charge < -0.3 is 4.40 Å². The van der Waals surface area contributed by atoms with Crippen LogP contribution < -0.4 is 0 Å². The number of pyridine rings is 1. The lowest BCUT2D eigenvalue weighted by molar-refractivity contribution is 0.942. The largest absolute Gasteiger partial charge is 0.302 e. The van der Waals surface area contributed by atoms with E-state index < -0.39 is 0 Å². The Morgan fingerprint density at radius 2 is 2.07 bits per heavy atom. The molecule has 0 aromatic carbocycles. The Kier molecular flexibility index (Phi) is 2.23. The van der Waals surface area contributed by atoms with Gasteiger partial charge in [0.25, 0.3) is 0 Å². The summed E-state index contributed by atoms with van der Waals surface area (Å²) in [6, 6.07) is 4.08. The van der Waals surface area contributed by atoms with E-state index in [1.807, 2.05) is 19.9 Å². The summed E-state index contributed by atoms with van der Waals surface area (Å²) in [5.41, 5.74) is 4.28. The van der Waals surface area contributed by atoms with E-state index in [0.29, 0.717) is 0 Å². The van der Waals surface area contributed by atoms with E-state index in [4.69, 9.17) is 11.6 Å². The van der Waals surface area contributed by atoms with Crippen LogP contribution in [-0.4, -0.2) is 9.38 Å². The number of aromatic nitrogens is 2. The summed E-state index contributed by atoms with van der Waals surface area (Å²) < 4.78 is 2.07. The zero-order chi connectivity index (χ0) is 10.3. The summed E-state index contributed by atoms with van der Waals surface area (Å²) in [6.07, 6.45) is 2.07. The third-order valence-electron chi connectivity index (χ3n) is 2.36. The number of alkyl halides is 1. The number of nitrogens with zero attached hydrogens (tertiary/aromatic N) is 2. The van der Waals surface area contributed by atoms with Crippen molar-refractivity contribution in [3.05, 3.63) is 35.3 Å². The minimum atomic E-state index is -0.00759. The molecule has 0 amide bonds. The van der Waals surface area contributed by atoms with Gasteiger partial charge in [-0.05, 0) is 32.4 Å². The zero-order valence-corrected chi connectivity index (χ0v) is 9.34. The number of hydrogen-bond acceptors (Lipinski definition) is 1. The minimum Gasteiger partial charge on any atom is -0.302 e. The van der Waals surface area contributed by atoms with Crippen LogP contribution in [0.4, 0.5) is 0 Å². The molecule has 1 unspecified atom stereocenters. The highest BCUT2D eigenvalue weighted by Crippen LogP contribution is 2.24. The Morgan fingerprint density at radius 3 is 2.71 bits per heavy atom. The molecule has 0 radical (unpaired) electrons. The van der Waals surface area contributed by atoms with Gasteiger partial charge in [-0.15, -0.1) is 11.6 Å². The summed E-state index contributed by atoms with van der Waals surface area (Å²) >= 11 is 6.12. The summed E-state index contributed by atoms with van der Waals surface area (Å²) in [7, 11) is 0. The fourth-order valence-electron chi connectivity index (χ4n) is 1.77. The molecule has 0 aliphatic carbocycles. The van der Waals surface area contributed by atoms with Crippen LogP contribution in [0.25, 0.3) is 5.65 Å². The SMILES string of the molecule is Cc1ccc2nc(C)c(C(C)Cl)n2c1. The maximum atomic E-state index is 6.12. The van der Waals surface area contributed by atoms with E-state index in [-0.39, 0.29) is 5.38 Å². The van der Waals surface area contributed by atoms with E-state index >= 15 is 0 Å². The van der Waals surface area contributed by atoms with Gasteiger partial charge in [0.05, 0.1) is 16.8 Å². The van der Waals surface area contributed by atoms with Crippen molar-refractivity contribution in [3.8, 4) is 0 Å². The normalized spacial score (nSPS) is 13.4. The summed E-state index contributed by atoms with van der Waals surface area (Å²) in [4.78, 5) is 4.45. The second-order valence-electron chi connectivity index (χ2n) is 3.63. The Hall–Kier alpha value is -1.02. The number of rotatable bonds is 1. The van der Waals surface area contributed by atoms with Crippen LogP contribution in [0.2, 0.25) is 0 Å². The van der Waals surface area contributed by atoms with Crippen molar-refractivity contribution in [1.29, 1.82) is 0 Å². The molecule has 0 aliphatic heterocycles. The molecular weight excluding hydrogens is 196 g/mol. The third-order valence-corrected chi connectivity index (χ3v) is 2.57. The van der Waals surface area contributed by atoms with Crippen LogP contribution in [0.15, 0.2) is 18.3 Å². The van der Waals surface area contributed by atoms with Gasteiger partial charge in [-0.25, -0.2) is 4.98 Å². The lowest BCUT2D eigenvalue weighted by Gasteiger charge is -2.05. The molecular formula is C11H13ClN2. The van der Waals surface area contributed by atoms with Crippen molar-refractivity contribution in [2.75, 3.05) is 0 Å². The molecule has 0 spiro atoms. The molecule has 14 heavy (non-hydrogen) atoms. The fraction of sp³-hybridized carbons (Fsp3) is 0.364. The smallest absolute Gasteiger partial charge is 0.137 e. The fourth-order valence-corrected chi connectivity index (χ4v) is 2.03. The van der Waals surface area contributed by atoms with Crippen molar-refractivity contribution >= 4 is 17.2 Å². The second kappa shape index (κ2) is 3.28. The Bertz CT molecular complexity index is 471. The average Bonchev–Trinajstić information content (AvgIpc) is 2.40. The molecule has 2 aromatic heterocycles. The first-order valence-corrected chi connectivity index (χ1v) is 5.12. The van der Waals surface area contributed by atoms with Crippen molar-refractivity contribution in [2.24, 2.45) is 0 Å². The van der Waals surface area contributed by atoms with Gasteiger partial charge in [0, 0.05) is 6.20 Å². The van der Waals surface area contributed by atoms with E-state index in [9.17, 15) is 0 Å². The summed E-state index contributed by atoms with van der Waals surface area (Å²) in [5.74, 6) is 0. The van der Waals surface area contributed by atoms with Crippen molar-refractivity contribution in [1.82, 2.24) is 9.38 Å². The first kappa shape index (κ1) is 9.53. The molecule has 2 nitrogen and oxygen atoms in total. The maximum absolute atomic E-state index is 6.12. The van der Waals surface area contributed by atoms with Crippen LogP contribution in [0, 0.1) is 13.8 Å². The highest BCUT2D eigenvalue weighted by atomic mass is 35.5. The predicted octanol–water partition coefficient (Wildman–Crippen LogP) is 3.25. The number of imidazole rings is 1. The van der Waals surface area contributed by atoms with Gasteiger partial charge in [0.2, 0.25) is 0 Å². The van der Waals surface area contributed by atoms with Gasteiger partial charge in [-0.2, -0.15) is 0 Å². The molecule has 0 N–H and O–H groups in total. The molecule has 2 aromatic rings. The Labute approximate surface area is 88.5 Å². The van der Waals surface area contributed by atoms with Crippen LogP contribution in [0.3, 0.4) is 0 Å². The van der Waals surface area contributed by atoms with E-state index in [1.54, 1.807) is 0 Å². The third kappa shape index (κ3) is 1.40. The van der Waals surface area contributed by atoms with Crippen molar-refractivity contribution in [2.45, 2.75) is 26.1 Å². The summed E-state index contributed by atoms with van der Waals surface area (Å²) in [5, 5.41) is -0.00759. The molecule has 0 bridgehead atoms. The first-order valence-electron chi connectivity index (χ1n) is 4.69. The number of aryl methyl sites for hydroxylation is 2. The monoisotopic (exact) mass is 208 g/mol. The lowest BCUT2D eigenvalue weighted by atomic mass is 10.2. The first-order chi connectivity index (χ1) is 6.59.